The number of halogens is 1. The maximum absolute atomic E-state index is 15.2. The highest BCUT2D eigenvalue weighted by Crippen LogP contribution is 2.31. The Morgan fingerprint density at radius 1 is 0.756 bits per heavy atom. The number of ether oxygens (including phenoxy) is 1. The van der Waals surface area contributed by atoms with Crippen LogP contribution in [0.1, 0.15) is 56.0 Å². The number of hydrogen-bond donors (Lipinski definition) is 0. The molecule has 0 bridgehead atoms. The number of morpholine rings is 1. The van der Waals surface area contributed by atoms with E-state index in [1.165, 1.54) is 24.8 Å². The van der Waals surface area contributed by atoms with Crippen LogP contribution in [0.15, 0.2) is 91.0 Å². The number of rotatable bonds is 10. The molecule has 0 saturated carbocycles. The topological polar surface area (TPSA) is 29.5 Å². The minimum Gasteiger partial charge on any atom is -0.379 e. The normalized spacial score (nSPS) is 14.2. The van der Waals surface area contributed by atoms with Crippen LogP contribution in [-0.4, -0.2) is 42.5 Å². The molecule has 0 unspecified atom stereocenters. The van der Waals surface area contributed by atoms with Gasteiger partial charge in [-0.25, -0.2) is 4.39 Å². The number of benzene rings is 4. The highest BCUT2D eigenvalue weighted by molar-refractivity contribution is 6.03. The van der Waals surface area contributed by atoms with E-state index in [1.807, 2.05) is 74.5 Å². The summed E-state index contributed by atoms with van der Waals surface area (Å²) in [4.78, 5) is 15.5. The summed E-state index contributed by atoms with van der Waals surface area (Å²) < 4.78 is 20.7. The van der Waals surface area contributed by atoms with Crippen LogP contribution in [0.2, 0.25) is 0 Å². The molecule has 4 aromatic rings. The van der Waals surface area contributed by atoms with Crippen molar-refractivity contribution in [2.24, 2.45) is 0 Å². The van der Waals surface area contributed by atoms with Crippen LogP contribution in [0.3, 0.4) is 0 Å². The Bertz CT molecular complexity index is 1450. The lowest BCUT2D eigenvalue weighted by molar-refractivity contribution is -0.00429. The van der Waals surface area contributed by atoms with E-state index in [2.05, 4.69) is 36.1 Å². The fraction of sp³-hybridized carbons (Fsp3) is 0.324. The number of Topliss-reactive ketones (excluding diaryl/α,β-unsaturated/α-hetero) is 1. The summed E-state index contributed by atoms with van der Waals surface area (Å²) in [5.41, 5.74) is 6.83. The number of aryl methyl sites for hydroxylation is 1. The van der Waals surface area contributed by atoms with Crippen molar-refractivity contribution in [3.63, 3.8) is 0 Å². The van der Waals surface area contributed by atoms with Gasteiger partial charge < -0.3 is 4.74 Å². The second kappa shape index (κ2) is 12.9. The summed E-state index contributed by atoms with van der Waals surface area (Å²) >= 11 is 0. The van der Waals surface area contributed by atoms with Gasteiger partial charge in [0, 0.05) is 24.2 Å². The zero-order valence-corrected chi connectivity index (χ0v) is 24.5. The molecule has 1 heterocycles. The highest BCUT2D eigenvalue weighted by Gasteiger charge is 2.35. The molecule has 0 radical (unpaired) electrons. The monoisotopic (exact) mass is 549 g/mol. The molecule has 3 nitrogen and oxygen atoms in total. The van der Waals surface area contributed by atoms with Gasteiger partial charge in [-0.15, -0.1) is 0 Å². The van der Waals surface area contributed by atoms with Gasteiger partial charge in [-0.2, -0.15) is 0 Å². The fourth-order valence-corrected chi connectivity index (χ4v) is 5.65. The first-order valence-corrected chi connectivity index (χ1v) is 14.8. The molecule has 0 amide bonds. The SMILES string of the molecule is CCCCCc1ccc(-c2ccc(-c3ccc(-c4ccc(C(=O)C(C)(C)N5CCOCC5)cc4)cc3)c(F)c2)cc1. The Morgan fingerprint density at radius 3 is 1.90 bits per heavy atom. The van der Waals surface area contributed by atoms with E-state index in [-0.39, 0.29) is 11.6 Å². The molecule has 212 valence electrons. The van der Waals surface area contributed by atoms with Gasteiger partial charge in [-0.3, -0.25) is 9.69 Å². The van der Waals surface area contributed by atoms with Gasteiger partial charge in [0.25, 0.3) is 0 Å². The van der Waals surface area contributed by atoms with E-state index >= 15 is 4.39 Å². The Hall–Kier alpha value is -3.60. The summed E-state index contributed by atoms with van der Waals surface area (Å²) in [6, 6.07) is 29.7. The molecule has 5 rings (SSSR count). The van der Waals surface area contributed by atoms with E-state index in [0.29, 0.717) is 24.3 Å². The zero-order valence-electron chi connectivity index (χ0n) is 24.5. The van der Waals surface area contributed by atoms with E-state index in [4.69, 9.17) is 4.74 Å². The number of hydrogen-bond acceptors (Lipinski definition) is 3. The van der Waals surface area contributed by atoms with Crippen molar-refractivity contribution < 1.29 is 13.9 Å². The molecular formula is C37H40FNO2. The van der Waals surface area contributed by atoms with Gasteiger partial charge in [0.1, 0.15) is 5.82 Å². The minimum absolute atomic E-state index is 0.114. The molecule has 1 saturated heterocycles. The number of ketones is 1. The molecule has 41 heavy (non-hydrogen) atoms. The van der Waals surface area contributed by atoms with Gasteiger partial charge in [0.05, 0.1) is 18.8 Å². The number of carbonyl (C=O) groups excluding carboxylic acids is 1. The Balaban J connectivity index is 1.26. The van der Waals surface area contributed by atoms with Crippen molar-refractivity contribution in [1.29, 1.82) is 0 Å². The van der Waals surface area contributed by atoms with Crippen LogP contribution in [0, 0.1) is 5.82 Å². The standard InChI is InChI=1S/C37H40FNO2/c1-4-5-6-7-27-8-10-30(11-9-27)33-20-21-34(35(38)26-33)31-16-12-28(13-17-31)29-14-18-32(19-15-29)36(40)37(2,3)39-22-24-41-25-23-39/h8-21,26H,4-7,22-25H2,1-3H3. The predicted octanol–water partition coefficient (Wildman–Crippen LogP) is 8.85. The molecule has 0 N–H and O–H groups in total. The molecular weight excluding hydrogens is 509 g/mol. The van der Waals surface area contributed by atoms with E-state index in [0.717, 1.165) is 47.3 Å². The molecule has 1 aliphatic heterocycles. The van der Waals surface area contributed by atoms with Crippen molar-refractivity contribution in [2.75, 3.05) is 26.3 Å². The Morgan fingerprint density at radius 2 is 1.29 bits per heavy atom. The van der Waals surface area contributed by atoms with Gasteiger partial charge in [-0.1, -0.05) is 105 Å². The van der Waals surface area contributed by atoms with E-state index < -0.39 is 5.54 Å². The van der Waals surface area contributed by atoms with Gasteiger partial charge in [0.15, 0.2) is 5.78 Å². The van der Waals surface area contributed by atoms with Crippen molar-refractivity contribution >= 4 is 5.78 Å². The molecule has 0 spiro atoms. The van der Waals surface area contributed by atoms with Crippen LogP contribution >= 0.6 is 0 Å². The molecule has 4 aromatic carbocycles. The van der Waals surface area contributed by atoms with Crippen LogP contribution in [0.25, 0.3) is 33.4 Å². The molecule has 0 aromatic heterocycles. The number of nitrogens with zero attached hydrogens (tertiary/aromatic N) is 1. The third-order valence-electron chi connectivity index (χ3n) is 8.36. The van der Waals surface area contributed by atoms with Gasteiger partial charge in [0.2, 0.25) is 0 Å². The van der Waals surface area contributed by atoms with Crippen LogP contribution in [0.5, 0.6) is 0 Å². The average Bonchev–Trinajstić information content (AvgIpc) is 3.02. The predicted molar refractivity (Wildman–Crippen MR) is 167 cm³/mol. The number of unbranched alkanes of at least 4 members (excludes halogenated alkanes) is 2. The Kier molecular flexibility index (Phi) is 9.12. The van der Waals surface area contributed by atoms with Gasteiger partial charge >= 0.3 is 0 Å². The fourth-order valence-electron chi connectivity index (χ4n) is 5.65. The lowest BCUT2D eigenvalue weighted by Crippen LogP contribution is -2.54. The van der Waals surface area contributed by atoms with Crippen LogP contribution in [-0.2, 0) is 11.2 Å². The van der Waals surface area contributed by atoms with Crippen molar-refractivity contribution in [2.45, 2.75) is 52.0 Å². The molecule has 0 atom stereocenters. The highest BCUT2D eigenvalue weighted by atomic mass is 19.1. The second-order valence-corrected chi connectivity index (χ2v) is 11.5. The third kappa shape index (κ3) is 6.66. The largest absolute Gasteiger partial charge is 0.379 e. The lowest BCUT2D eigenvalue weighted by Gasteiger charge is -2.39. The maximum atomic E-state index is 15.2. The van der Waals surface area contributed by atoms with E-state index in [1.54, 1.807) is 6.07 Å². The maximum Gasteiger partial charge on any atom is 0.182 e. The smallest absolute Gasteiger partial charge is 0.182 e. The molecule has 1 fully saturated rings. The number of carbonyl (C=O) groups is 1. The lowest BCUT2D eigenvalue weighted by atomic mass is 9.90. The first-order valence-electron chi connectivity index (χ1n) is 14.8. The molecule has 0 aliphatic carbocycles. The quantitative estimate of drug-likeness (QED) is 0.146. The summed E-state index contributed by atoms with van der Waals surface area (Å²) in [6.45, 7) is 9.04. The van der Waals surface area contributed by atoms with Crippen molar-refractivity contribution in [3.8, 4) is 33.4 Å². The third-order valence-corrected chi connectivity index (χ3v) is 8.36. The first kappa shape index (κ1) is 28.9. The van der Waals surface area contributed by atoms with Crippen LogP contribution in [0.4, 0.5) is 4.39 Å². The van der Waals surface area contributed by atoms with Gasteiger partial charge in [-0.05, 0) is 66.1 Å². The minimum atomic E-state index is -0.579. The summed E-state index contributed by atoms with van der Waals surface area (Å²) in [6.07, 6.45) is 4.76. The second-order valence-electron chi connectivity index (χ2n) is 11.5. The Labute approximate surface area is 244 Å². The first-order chi connectivity index (χ1) is 19.9. The average molecular weight is 550 g/mol. The van der Waals surface area contributed by atoms with Crippen molar-refractivity contribution in [1.82, 2.24) is 4.90 Å². The summed E-state index contributed by atoms with van der Waals surface area (Å²) in [7, 11) is 0. The summed E-state index contributed by atoms with van der Waals surface area (Å²) in [5, 5.41) is 0. The molecule has 1 aliphatic rings. The van der Waals surface area contributed by atoms with Crippen LogP contribution < -0.4 is 0 Å². The summed E-state index contributed by atoms with van der Waals surface area (Å²) in [5.74, 6) is -0.115. The van der Waals surface area contributed by atoms with Crippen molar-refractivity contribution in [3.05, 3.63) is 108 Å². The molecule has 4 heteroatoms. The zero-order chi connectivity index (χ0) is 28.8. The van der Waals surface area contributed by atoms with E-state index in [9.17, 15) is 4.79 Å².